The van der Waals surface area contributed by atoms with Crippen molar-refractivity contribution in [1.82, 2.24) is 16.0 Å². The summed E-state index contributed by atoms with van der Waals surface area (Å²) in [5, 5.41) is 20.1. The van der Waals surface area contributed by atoms with E-state index in [0.717, 1.165) is 63.7 Å². The zero-order chi connectivity index (χ0) is 43.8. The lowest BCUT2D eigenvalue weighted by molar-refractivity contribution is 0.203. The van der Waals surface area contributed by atoms with E-state index in [9.17, 15) is 0 Å². The van der Waals surface area contributed by atoms with Gasteiger partial charge in [-0.1, -0.05) is 146 Å². The van der Waals surface area contributed by atoms with Gasteiger partial charge in [0.1, 0.15) is 12.3 Å². The Morgan fingerprint density at radius 1 is 0.379 bits per heavy atom. The van der Waals surface area contributed by atoms with Gasteiger partial charge in [0.15, 0.2) is 0 Å². The lowest BCUT2D eigenvalue weighted by atomic mass is 9.94. The first kappa shape index (κ1) is 39.9. The first-order valence-corrected chi connectivity index (χ1v) is 23.1. The smallest absolute Gasteiger partial charge is 0.130 e. The van der Waals surface area contributed by atoms with Gasteiger partial charge in [0.2, 0.25) is 0 Å². The Bertz CT molecular complexity index is 2960. The van der Waals surface area contributed by atoms with Crippen LogP contribution < -0.4 is 36.4 Å². The van der Waals surface area contributed by atoms with Gasteiger partial charge in [0.25, 0.3) is 0 Å². The van der Waals surface area contributed by atoms with E-state index >= 15 is 0 Å². The summed E-state index contributed by atoms with van der Waals surface area (Å²) >= 11 is 0. The Hall–Kier alpha value is -7.68. The topological polar surface area (TPSA) is 66.6 Å². The van der Waals surface area contributed by atoms with Crippen molar-refractivity contribution < 1.29 is 0 Å². The predicted molar refractivity (Wildman–Crippen MR) is 272 cm³/mol. The standard InChI is InChI=1S/C59H51N7/c1-5-19-40(20-6-1)42-23-17-25-44(35-42)55-62-56(45-26-18-24-43(36-45)41-21-7-2-8-22-41)64-57(63-55)46-37-47(58-60-51-31-13-15-33-53(51)65(58)49-27-9-3-10-28-49)39-48(38-46)59-61-52-32-14-16-34-54(52)66(59)50-29-11-4-12-30-50/h1-7,9-21,23-39,55-64H,8,22H2. The van der Waals surface area contributed by atoms with Crippen molar-refractivity contribution in [3.05, 3.63) is 258 Å². The molecule has 66 heavy (non-hydrogen) atoms. The van der Waals surface area contributed by atoms with E-state index in [1.807, 2.05) is 0 Å². The minimum absolute atomic E-state index is 0.169. The van der Waals surface area contributed by atoms with Crippen LogP contribution in [0.15, 0.2) is 224 Å². The van der Waals surface area contributed by atoms with Crippen LogP contribution in [0.1, 0.15) is 77.1 Å². The van der Waals surface area contributed by atoms with E-state index in [1.54, 1.807) is 0 Å². The fourth-order valence-corrected chi connectivity index (χ4v) is 10.2. The van der Waals surface area contributed by atoms with Crippen molar-refractivity contribution in [3.63, 3.8) is 0 Å². The molecular weight excluding hydrogens is 807 g/mol. The Kier molecular flexibility index (Phi) is 10.5. The maximum absolute atomic E-state index is 4.09. The second-order valence-corrected chi connectivity index (χ2v) is 17.5. The summed E-state index contributed by atoms with van der Waals surface area (Å²) in [4.78, 5) is 4.88. The van der Waals surface area contributed by atoms with Crippen molar-refractivity contribution in [2.75, 3.05) is 20.4 Å². The monoisotopic (exact) mass is 857 g/mol. The lowest BCUT2D eigenvalue weighted by Gasteiger charge is -2.40. The fraction of sp³-hybridized carbons (Fsp3) is 0.119. The molecule has 3 heterocycles. The molecular formula is C59H51N7. The molecule has 0 amide bonds. The van der Waals surface area contributed by atoms with Crippen LogP contribution in [0.4, 0.5) is 34.1 Å². The molecule has 0 saturated carbocycles. The third-order valence-electron chi connectivity index (χ3n) is 13.4. The van der Waals surface area contributed by atoms with E-state index in [-0.39, 0.29) is 30.8 Å². The summed E-state index contributed by atoms with van der Waals surface area (Å²) in [5.41, 5.74) is 17.6. The molecule has 5 unspecified atom stereocenters. The quantitative estimate of drug-likeness (QED) is 0.0991. The Labute approximate surface area is 387 Å². The van der Waals surface area contributed by atoms with Crippen molar-refractivity contribution in [2.24, 2.45) is 0 Å². The average Bonchev–Trinajstić information content (AvgIpc) is 3.99. The molecule has 0 bridgehead atoms. The number of allylic oxidation sites excluding steroid dienone is 4. The molecule has 1 aliphatic carbocycles. The van der Waals surface area contributed by atoms with Gasteiger partial charge in [-0.25, -0.2) is 0 Å². The van der Waals surface area contributed by atoms with Crippen molar-refractivity contribution in [3.8, 4) is 11.1 Å². The molecule has 1 saturated heterocycles. The minimum Gasteiger partial charge on any atom is -0.359 e. The third kappa shape index (κ3) is 7.63. The number of hydrogen-bond acceptors (Lipinski definition) is 7. The molecule has 8 aromatic rings. The summed E-state index contributed by atoms with van der Waals surface area (Å²) < 4.78 is 0. The van der Waals surface area contributed by atoms with Crippen LogP contribution in [0.5, 0.6) is 0 Å². The Morgan fingerprint density at radius 3 is 1.38 bits per heavy atom. The highest BCUT2D eigenvalue weighted by Gasteiger charge is 2.37. The Balaban J connectivity index is 1.01. The van der Waals surface area contributed by atoms with Gasteiger partial charge in [0, 0.05) is 11.4 Å². The first-order valence-electron chi connectivity index (χ1n) is 23.1. The summed E-state index contributed by atoms with van der Waals surface area (Å²) in [6, 6.07) is 74.7. The summed E-state index contributed by atoms with van der Waals surface area (Å²) in [5.74, 6) is 0. The molecule has 322 valence electrons. The summed E-state index contributed by atoms with van der Waals surface area (Å²) in [6.45, 7) is 0. The number of fused-ring (bicyclic) bond motifs is 2. The van der Waals surface area contributed by atoms with Crippen molar-refractivity contribution in [1.29, 1.82) is 0 Å². The molecule has 0 radical (unpaired) electrons. The largest absolute Gasteiger partial charge is 0.359 e. The summed E-state index contributed by atoms with van der Waals surface area (Å²) in [6.07, 6.45) is 7.86. The Morgan fingerprint density at radius 2 is 0.833 bits per heavy atom. The number of rotatable bonds is 9. The molecule has 12 rings (SSSR count). The van der Waals surface area contributed by atoms with E-state index in [4.69, 9.17) is 0 Å². The number of para-hydroxylation sites is 6. The van der Waals surface area contributed by atoms with Crippen molar-refractivity contribution >= 4 is 39.7 Å². The fourth-order valence-electron chi connectivity index (χ4n) is 10.2. The van der Waals surface area contributed by atoms with E-state index in [0.29, 0.717) is 0 Å². The number of nitrogens with one attached hydrogen (secondary N) is 5. The number of anilines is 6. The molecule has 4 aliphatic rings. The molecule has 8 aromatic carbocycles. The maximum Gasteiger partial charge on any atom is 0.130 e. The lowest BCUT2D eigenvalue weighted by Crippen LogP contribution is -2.54. The molecule has 3 aliphatic heterocycles. The van der Waals surface area contributed by atoms with Crippen LogP contribution in [-0.4, -0.2) is 0 Å². The molecule has 0 aromatic heterocycles. The zero-order valence-corrected chi connectivity index (χ0v) is 36.6. The molecule has 5 atom stereocenters. The van der Waals surface area contributed by atoms with Crippen LogP contribution in [0, 0.1) is 0 Å². The van der Waals surface area contributed by atoms with Gasteiger partial charge in [-0.3, -0.25) is 16.0 Å². The van der Waals surface area contributed by atoms with Crippen LogP contribution in [0.2, 0.25) is 0 Å². The molecule has 5 N–H and O–H groups in total. The SMILES string of the molecule is C1=CCCC(c2cccc(C3NC(c4cccc(-c5ccccc5)c4)NC(c4cc(C5Nc6ccccc6N5c5ccccc5)cc(C5Nc6ccccc6N5c5ccccc5)c4)N3)c2)=C1. The highest BCUT2D eigenvalue weighted by molar-refractivity contribution is 5.85. The molecule has 7 heteroatoms. The highest BCUT2D eigenvalue weighted by atomic mass is 15.4. The molecule has 7 nitrogen and oxygen atoms in total. The third-order valence-corrected chi connectivity index (χ3v) is 13.4. The predicted octanol–water partition coefficient (Wildman–Crippen LogP) is 13.8. The number of hydrogen-bond donors (Lipinski definition) is 5. The number of benzene rings is 8. The van der Waals surface area contributed by atoms with E-state index in [2.05, 4.69) is 261 Å². The zero-order valence-electron chi connectivity index (χ0n) is 36.6. The highest BCUT2D eigenvalue weighted by Crippen LogP contribution is 2.49. The minimum atomic E-state index is -0.247. The second-order valence-electron chi connectivity index (χ2n) is 17.5. The normalized spacial score (nSPS) is 20.8. The van der Waals surface area contributed by atoms with Crippen LogP contribution in [0.25, 0.3) is 16.7 Å². The summed E-state index contributed by atoms with van der Waals surface area (Å²) in [7, 11) is 0. The molecule has 1 fully saturated rings. The van der Waals surface area contributed by atoms with Crippen molar-refractivity contribution in [2.45, 2.75) is 43.7 Å². The van der Waals surface area contributed by atoms with E-state index in [1.165, 1.54) is 33.4 Å². The molecule has 0 spiro atoms. The van der Waals surface area contributed by atoms with Gasteiger partial charge in [-0.05, 0) is 142 Å². The van der Waals surface area contributed by atoms with Crippen LogP contribution in [-0.2, 0) is 0 Å². The number of nitrogens with zero attached hydrogens (tertiary/aromatic N) is 2. The maximum atomic E-state index is 4.09. The van der Waals surface area contributed by atoms with Gasteiger partial charge < -0.3 is 20.4 Å². The van der Waals surface area contributed by atoms with Crippen LogP contribution in [0.3, 0.4) is 0 Å². The second kappa shape index (κ2) is 17.4. The first-order chi connectivity index (χ1) is 32.7. The average molecular weight is 858 g/mol. The van der Waals surface area contributed by atoms with Gasteiger partial charge in [-0.2, -0.15) is 0 Å². The van der Waals surface area contributed by atoms with Crippen LogP contribution >= 0.6 is 0 Å². The van der Waals surface area contributed by atoms with Gasteiger partial charge in [-0.15, -0.1) is 0 Å². The van der Waals surface area contributed by atoms with Gasteiger partial charge >= 0.3 is 0 Å². The van der Waals surface area contributed by atoms with Gasteiger partial charge in [0.05, 0.1) is 41.2 Å². The van der Waals surface area contributed by atoms with E-state index < -0.39 is 0 Å².